The van der Waals surface area contributed by atoms with E-state index in [1.165, 1.54) is 30.0 Å². The summed E-state index contributed by atoms with van der Waals surface area (Å²) in [6.07, 6.45) is 3.18. The zero-order valence-electron chi connectivity index (χ0n) is 15.7. The average Bonchev–Trinajstić information content (AvgIpc) is 3.14. The van der Waals surface area contributed by atoms with Crippen LogP contribution in [0.25, 0.3) is 0 Å². The van der Waals surface area contributed by atoms with Gasteiger partial charge in [-0.3, -0.25) is 14.9 Å². The SMILES string of the molecule is CSCC[C@H](NS(=O)(=O)c1ccc(C)cc1)C(=O)N/N=C/c1ccc([N+](=O)[O-])o1. The summed E-state index contributed by atoms with van der Waals surface area (Å²) in [7, 11) is -3.90. The summed E-state index contributed by atoms with van der Waals surface area (Å²) in [5, 5.41) is 14.3. The number of carbonyl (C=O) groups is 1. The van der Waals surface area contributed by atoms with Gasteiger partial charge in [0.15, 0.2) is 5.76 Å². The highest BCUT2D eigenvalue weighted by Gasteiger charge is 2.25. The molecule has 1 aromatic heterocycles. The minimum Gasteiger partial charge on any atom is -0.400 e. The molecule has 1 aromatic carbocycles. The normalized spacial score (nSPS) is 12.8. The maximum atomic E-state index is 12.6. The highest BCUT2D eigenvalue weighted by Crippen LogP contribution is 2.14. The molecule has 2 N–H and O–H groups in total. The van der Waals surface area contributed by atoms with E-state index in [2.05, 4.69) is 15.2 Å². The van der Waals surface area contributed by atoms with Gasteiger partial charge in [-0.25, -0.2) is 13.8 Å². The molecule has 0 aliphatic heterocycles. The first kappa shape index (κ1) is 22.6. The van der Waals surface area contributed by atoms with Gasteiger partial charge in [0.2, 0.25) is 10.0 Å². The van der Waals surface area contributed by atoms with Crippen LogP contribution in [0, 0.1) is 17.0 Å². The zero-order chi connectivity index (χ0) is 21.4. The molecule has 12 heteroatoms. The van der Waals surface area contributed by atoms with Gasteiger partial charge in [0.25, 0.3) is 5.91 Å². The quantitative estimate of drug-likeness (QED) is 0.327. The number of carbonyl (C=O) groups excluding carboxylic acids is 1. The van der Waals surface area contributed by atoms with Crippen molar-refractivity contribution >= 4 is 39.8 Å². The number of nitrogens with one attached hydrogen (secondary N) is 2. The number of hydrogen-bond donors (Lipinski definition) is 2. The predicted octanol–water partition coefficient (Wildman–Crippen LogP) is 2.05. The fraction of sp³-hybridized carbons (Fsp3) is 0.294. The lowest BCUT2D eigenvalue weighted by atomic mass is 10.2. The molecule has 0 saturated heterocycles. The minimum atomic E-state index is -3.90. The number of thioether (sulfide) groups is 1. The molecule has 1 heterocycles. The number of sulfonamides is 1. The Balaban J connectivity index is 2.07. The molecule has 0 radical (unpaired) electrons. The molecule has 1 atom stereocenters. The Bertz CT molecular complexity index is 986. The van der Waals surface area contributed by atoms with Crippen molar-refractivity contribution in [2.45, 2.75) is 24.3 Å². The third-order valence-corrected chi connectivity index (χ3v) is 5.85. The van der Waals surface area contributed by atoms with Gasteiger partial charge in [0.05, 0.1) is 17.2 Å². The largest absolute Gasteiger partial charge is 0.433 e. The molecular formula is C17H20N4O6S2. The Morgan fingerprint density at radius 2 is 2.00 bits per heavy atom. The van der Waals surface area contributed by atoms with Gasteiger partial charge in [-0.05, 0) is 43.6 Å². The van der Waals surface area contributed by atoms with Crippen molar-refractivity contribution in [2.24, 2.45) is 5.10 Å². The number of aryl methyl sites for hydroxylation is 1. The maximum absolute atomic E-state index is 12.6. The number of benzene rings is 1. The highest BCUT2D eigenvalue weighted by atomic mass is 32.2. The second-order valence-corrected chi connectivity index (χ2v) is 8.64. The van der Waals surface area contributed by atoms with Crippen LogP contribution in [-0.2, 0) is 14.8 Å². The first-order chi connectivity index (χ1) is 13.7. The van der Waals surface area contributed by atoms with Gasteiger partial charge in [0, 0.05) is 0 Å². The summed E-state index contributed by atoms with van der Waals surface area (Å²) < 4.78 is 32.4. The number of hydrazone groups is 1. The number of nitrogens with zero attached hydrogens (tertiary/aromatic N) is 2. The van der Waals surface area contributed by atoms with E-state index < -0.39 is 32.8 Å². The number of rotatable bonds is 10. The van der Waals surface area contributed by atoms with Gasteiger partial charge in [-0.1, -0.05) is 17.7 Å². The molecule has 29 heavy (non-hydrogen) atoms. The fourth-order valence-corrected chi connectivity index (χ4v) is 3.90. The van der Waals surface area contributed by atoms with Gasteiger partial charge < -0.3 is 4.42 Å². The van der Waals surface area contributed by atoms with Crippen molar-refractivity contribution in [3.05, 3.63) is 57.8 Å². The van der Waals surface area contributed by atoms with Crippen molar-refractivity contribution in [1.29, 1.82) is 0 Å². The second-order valence-electron chi connectivity index (χ2n) is 5.94. The lowest BCUT2D eigenvalue weighted by Gasteiger charge is -2.17. The Morgan fingerprint density at radius 3 is 2.59 bits per heavy atom. The van der Waals surface area contributed by atoms with Crippen molar-refractivity contribution in [3.8, 4) is 0 Å². The van der Waals surface area contributed by atoms with E-state index in [9.17, 15) is 23.3 Å². The molecule has 2 aromatic rings. The Hall–Kier alpha value is -2.70. The molecular weight excluding hydrogens is 420 g/mol. The lowest BCUT2D eigenvalue weighted by molar-refractivity contribution is -0.402. The van der Waals surface area contributed by atoms with Crippen LogP contribution in [0.1, 0.15) is 17.7 Å². The Morgan fingerprint density at radius 1 is 1.31 bits per heavy atom. The summed E-state index contributed by atoms with van der Waals surface area (Å²) in [4.78, 5) is 22.4. The van der Waals surface area contributed by atoms with Gasteiger partial charge in [-0.15, -0.1) is 0 Å². The van der Waals surface area contributed by atoms with E-state index in [-0.39, 0.29) is 17.1 Å². The summed E-state index contributed by atoms with van der Waals surface area (Å²) >= 11 is 1.47. The Labute approximate surface area is 172 Å². The van der Waals surface area contributed by atoms with Crippen LogP contribution in [0.4, 0.5) is 5.88 Å². The van der Waals surface area contributed by atoms with Crippen molar-refractivity contribution in [3.63, 3.8) is 0 Å². The zero-order valence-corrected chi connectivity index (χ0v) is 17.3. The van der Waals surface area contributed by atoms with E-state index in [1.807, 2.05) is 13.2 Å². The highest BCUT2D eigenvalue weighted by molar-refractivity contribution is 7.98. The third kappa shape index (κ3) is 6.69. The lowest BCUT2D eigenvalue weighted by Crippen LogP contribution is -2.45. The van der Waals surface area contributed by atoms with Crippen LogP contribution >= 0.6 is 11.8 Å². The van der Waals surface area contributed by atoms with Crippen LogP contribution in [0.15, 0.2) is 50.8 Å². The van der Waals surface area contributed by atoms with E-state index >= 15 is 0 Å². The topological polar surface area (TPSA) is 144 Å². The molecule has 156 valence electrons. The molecule has 0 unspecified atom stereocenters. The molecule has 0 aliphatic carbocycles. The number of furan rings is 1. The summed E-state index contributed by atoms with van der Waals surface area (Å²) in [6, 6.07) is 7.68. The predicted molar refractivity (Wildman–Crippen MR) is 109 cm³/mol. The van der Waals surface area contributed by atoms with Crippen LogP contribution in [0.3, 0.4) is 0 Å². The number of nitro groups is 1. The van der Waals surface area contributed by atoms with Crippen LogP contribution in [0.5, 0.6) is 0 Å². The first-order valence-electron chi connectivity index (χ1n) is 8.38. The molecule has 10 nitrogen and oxygen atoms in total. The third-order valence-electron chi connectivity index (χ3n) is 3.71. The molecule has 0 aliphatic rings. The summed E-state index contributed by atoms with van der Waals surface area (Å²) in [5.41, 5.74) is 3.14. The average molecular weight is 441 g/mol. The monoisotopic (exact) mass is 440 g/mol. The van der Waals surface area contributed by atoms with Crippen LogP contribution in [-0.4, -0.2) is 43.5 Å². The van der Waals surface area contributed by atoms with Crippen LogP contribution in [0.2, 0.25) is 0 Å². The number of amides is 1. The molecule has 0 fully saturated rings. The standard InChI is InChI=1S/C17H20N4O6S2/c1-12-3-6-14(7-4-12)29(25,26)20-15(9-10-28-2)17(22)19-18-11-13-5-8-16(27-13)21(23)24/h3-8,11,15,20H,9-10H2,1-2H3,(H,19,22)/b18-11+/t15-/m0/s1. The van der Waals surface area contributed by atoms with E-state index in [0.717, 1.165) is 17.8 Å². The molecule has 0 bridgehead atoms. The molecule has 0 spiro atoms. The molecule has 1 amide bonds. The number of hydrogen-bond acceptors (Lipinski definition) is 8. The molecule has 0 saturated carbocycles. The van der Waals surface area contributed by atoms with E-state index in [0.29, 0.717) is 5.75 Å². The summed E-state index contributed by atoms with van der Waals surface area (Å²) in [5.74, 6) is -0.505. The van der Waals surface area contributed by atoms with E-state index in [1.54, 1.807) is 12.1 Å². The van der Waals surface area contributed by atoms with Gasteiger partial charge in [-0.2, -0.15) is 21.6 Å². The first-order valence-corrected chi connectivity index (χ1v) is 11.3. The van der Waals surface area contributed by atoms with Gasteiger partial charge >= 0.3 is 5.88 Å². The maximum Gasteiger partial charge on any atom is 0.433 e. The van der Waals surface area contributed by atoms with Crippen molar-refractivity contribution in [1.82, 2.24) is 10.1 Å². The Kier molecular flexibility index (Phi) is 7.93. The fourth-order valence-electron chi connectivity index (χ4n) is 2.20. The van der Waals surface area contributed by atoms with Gasteiger partial charge in [0.1, 0.15) is 11.0 Å². The van der Waals surface area contributed by atoms with Crippen LogP contribution < -0.4 is 10.1 Å². The smallest absolute Gasteiger partial charge is 0.400 e. The van der Waals surface area contributed by atoms with Crippen molar-refractivity contribution in [2.75, 3.05) is 12.0 Å². The van der Waals surface area contributed by atoms with E-state index in [4.69, 9.17) is 4.42 Å². The summed E-state index contributed by atoms with van der Waals surface area (Å²) in [6.45, 7) is 1.84. The minimum absolute atomic E-state index is 0.0523. The second kappa shape index (κ2) is 10.2. The molecule has 2 rings (SSSR count). The van der Waals surface area contributed by atoms with Crippen molar-refractivity contribution < 1.29 is 22.6 Å².